The van der Waals surface area contributed by atoms with Crippen LogP contribution < -0.4 is 4.74 Å². The zero-order valence-electron chi connectivity index (χ0n) is 11.7. The molecule has 4 nitrogen and oxygen atoms in total. The average molecular weight is 273 g/mol. The minimum absolute atomic E-state index is 0.0324. The zero-order chi connectivity index (χ0) is 14.1. The van der Waals surface area contributed by atoms with Crippen molar-refractivity contribution in [2.24, 2.45) is 0 Å². The van der Waals surface area contributed by atoms with Crippen molar-refractivity contribution >= 4 is 11.7 Å². The van der Waals surface area contributed by atoms with Crippen molar-refractivity contribution in [3.8, 4) is 5.75 Å². The van der Waals surface area contributed by atoms with Gasteiger partial charge in [0, 0.05) is 25.4 Å². The summed E-state index contributed by atoms with van der Waals surface area (Å²) in [6.45, 7) is 2.33. The zero-order valence-corrected chi connectivity index (χ0v) is 11.7. The van der Waals surface area contributed by atoms with E-state index in [-0.39, 0.29) is 17.7 Å². The summed E-state index contributed by atoms with van der Waals surface area (Å²) in [6.07, 6.45) is 2.58. The minimum atomic E-state index is -0.417. The molecule has 1 aromatic rings. The summed E-state index contributed by atoms with van der Waals surface area (Å²) in [5.41, 5.74) is 1.09. The van der Waals surface area contributed by atoms with Gasteiger partial charge in [-0.05, 0) is 31.4 Å². The highest BCUT2D eigenvalue weighted by atomic mass is 16.5. The fourth-order valence-corrected chi connectivity index (χ4v) is 3.17. The molecular weight excluding hydrogens is 254 g/mol. The monoisotopic (exact) mass is 273 g/mol. The van der Waals surface area contributed by atoms with E-state index in [2.05, 4.69) is 0 Å². The van der Waals surface area contributed by atoms with E-state index in [0.29, 0.717) is 12.8 Å². The first-order valence-corrected chi connectivity index (χ1v) is 7.19. The number of hydrogen-bond acceptors (Lipinski definition) is 3. The second kappa shape index (κ2) is 5.27. The molecule has 2 heterocycles. The number of ether oxygens (including phenoxy) is 1. The second-order valence-corrected chi connectivity index (χ2v) is 5.65. The number of nitrogens with zero attached hydrogens (tertiary/aromatic N) is 1. The Morgan fingerprint density at radius 1 is 1.35 bits per heavy atom. The van der Waals surface area contributed by atoms with E-state index in [4.69, 9.17) is 4.74 Å². The molecule has 0 spiro atoms. The summed E-state index contributed by atoms with van der Waals surface area (Å²) >= 11 is 0. The van der Waals surface area contributed by atoms with Gasteiger partial charge in [0.1, 0.15) is 11.5 Å². The predicted octanol–water partition coefficient (Wildman–Crippen LogP) is 1.96. The Labute approximate surface area is 118 Å². The van der Waals surface area contributed by atoms with Gasteiger partial charge < -0.3 is 9.64 Å². The average Bonchev–Trinajstić information content (AvgIpc) is 3.03. The first kappa shape index (κ1) is 13.2. The molecule has 0 radical (unpaired) electrons. The molecule has 1 fully saturated rings. The first-order valence-electron chi connectivity index (χ1n) is 7.19. The molecule has 106 valence electrons. The molecule has 0 N–H and O–H groups in total. The van der Waals surface area contributed by atoms with E-state index in [1.807, 2.05) is 29.2 Å². The van der Waals surface area contributed by atoms with Crippen LogP contribution in [-0.2, 0) is 16.0 Å². The van der Waals surface area contributed by atoms with Crippen LogP contribution in [0.3, 0.4) is 0 Å². The van der Waals surface area contributed by atoms with Gasteiger partial charge >= 0.3 is 0 Å². The Kier molecular flexibility index (Phi) is 3.47. The summed E-state index contributed by atoms with van der Waals surface area (Å²) in [6, 6.07) is 7.84. The van der Waals surface area contributed by atoms with Crippen molar-refractivity contribution < 1.29 is 14.3 Å². The fraction of sp³-hybridized carbons (Fsp3) is 0.500. The SMILES string of the molecule is CC(=O)CC1CCCN1C(=O)C1Cc2ccccc2O1. The highest BCUT2D eigenvalue weighted by molar-refractivity contribution is 5.84. The molecule has 1 saturated heterocycles. The normalized spacial score (nSPS) is 24.4. The smallest absolute Gasteiger partial charge is 0.264 e. The lowest BCUT2D eigenvalue weighted by atomic mass is 10.1. The molecule has 0 aliphatic carbocycles. The molecule has 4 heteroatoms. The summed E-state index contributed by atoms with van der Waals surface area (Å²) < 4.78 is 5.76. The summed E-state index contributed by atoms with van der Waals surface area (Å²) in [4.78, 5) is 25.7. The van der Waals surface area contributed by atoms with E-state index in [1.165, 1.54) is 0 Å². The Balaban J connectivity index is 1.69. The van der Waals surface area contributed by atoms with Gasteiger partial charge in [0.05, 0.1) is 0 Å². The number of fused-ring (bicyclic) bond motifs is 1. The topological polar surface area (TPSA) is 46.6 Å². The van der Waals surface area contributed by atoms with Crippen molar-refractivity contribution in [3.05, 3.63) is 29.8 Å². The van der Waals surface area contributed by atoms with Crippen molar-refractivity contribution in [1.82, 2.24) is 4.90 Å². The molecule has 2 aliphatic heterocycles. The number of amides is 1. The molecule has 3 rings (SSSR count). The molecule has 2 atom stereocenters. The number of rotatable bonds is 3. The first-order chi connectivity index (χ1) is 9.65. The summed E-state index contributed by atoms with van der Waals surface area (Å²) in [7, 11) is 0. The molecule has 0 bridgehead atoms. The summed E-state index contributed by atoms with van der Waals surface area (Å²) in [5, 5.41) is 0. The van der Waals surface area contributed by atoms with E-state index in [1.54, 1.807) is 6.92 Å². The van der Waals surface area contributed by atoms with Gasteiger partial charge in [-0.1, -0.05) is 18.2 Å². The largest absolute Gasteiger partial charge is 0.480 e. The summed E-state index contributed by atoms with van der Waals surface area (Å²) in [5.74, 6) is 0.989. The van der Waals surface area contributed by atoms with Gasteiger partial charge in [-0.2, -0.15) is 0 Å². The standard InChI is InChI=1S/C16H19NO3/c1-11(18)9-13-6-4-8-17(13)16(19)15-10-12-5-2-3-7-14(12)20-15/h2-3,5,7,13,15H,4,6,8-10H2,1H3. The number of carbonyl (C=O) groups is 2. The Morgan fingerprint density at radius 2 is 2.15 bits per heavy atom. The third-order valence-electron chi connectivity index (χ3n) is 4.11. The van der Waals surface area contributed by atoms with E-state index < -0.39 is 6.10 Å². The van der Waals surface area contributed by atoms with E-state index >= 15 is 0 Å². The number of ketones is 1. The number of carbonyl (C=O) groups excluding carboxylic acids is 2. The van der Waals surface area contributed by atoms with Crippen LogP contribution in [0, 0.1) is 0 Å². The van der Waals surface area contributed by atoms with Crippen LogP contribution in [0.2, 0.25) is 0 Å². The van der Waals surface area contributed by atoms with Crippen LogP contribution >= 0.6 is 0 Å². The molecular formula is C16H19NO3. The maximum atomic E-state index is 12.6. The number of para-hydroxylation sites is 1. The molecule has 1 aromatic carbocycles. The minimum Gasteiger partial charge on any atom is -0.480 e. The highest BCUT2D eigenvalue weighted by Crippen LogP contribution is 2.31. The van der Waals surface area contributed by atoms with Gasteiger partial charge in [-0.3, -0.25) is 9.59 Å². The van der Waals surface area contributed by atoms with Crippen LogP contribution in [0.5, 0.6) is 5.75 Å². The van der Waals surface area contributed by atoms with Gasteiger partial charge in [0.2, 0.25) is 0 Å². The number of Topliss-reactive ketones (excluding diaryl/α,β-unsaturated/α-hetero) is 1. The molecule has 1 amide bonds. The molecule has 2 aliphatic rings. The van der Waals surface area contributed by atoms with Gasteiger partial charge in [-0.25, -0.2) is 0 Å². The van der Waals surface area contributed by atoms with Crippen LogP contribution in [0.1, 0.15) is 31.7 Å². The molecule has 2 unspecified atom stereocenters. The van der Waals surface area contributed by atoms with Crippen LogP contribution in [0.15, 0.2) is 24.3 Å². The lowest BCUT2D eigenvalue weighted by Crippen LogP contribution is -2.44. The van der Waals surface area contributed by atoms with Crippen molar-refractivity contribution in [2.75, 3.05) is 6.54 Å². The highest BCUT2D eigenvalue weighted by Gasteiger charge is 2.37. The maximum absolute atomic E-state index is 12.6. The van der Waals surface area contributed by atoms with E-state index in [0.717, 1.165) is 30.7 Å². The molecule has 20 heavy (non-hydrogen) atoms. The van der Waals surface area contributed by atoms with Crippen molar-refractivity contribution in [1.29, 1.82) is 0 Å². The van der Waals surface area contributed by atoms with Gasteiger partial charge in [0.15, 0.2) is 6.10 Å². The van der Waals surface area contributed by atoms with Crippen molar-refractivity contribution in [3.63, 3.8) is 0 Å². The van der Waals surface area contributed by atoms with Gasteiger partial charge in [-0.15, -0.1) is 0 Å². The number of benzene rings is 1. The predicted molar refractivity (Wildman–Crippen MR) is 74.6 cm³/mol. The Hall–Kier alpha value is -1.84. The third kappa shape index (κ3) is 2.42. The maximum Gasteiger partial charge on any atom is 0.264 e. The lowest BCUT2D eigenvalue weighted by molar-refractivity contribution is -0.139. The molecule has 0 saturated carbocycles. The van der Waals surface area contributed by atoms with Gasteiger partial charge in [0.25, 0.3) is 5.91 Å². The Bertz CT molecular complexity index is 515. The third-order valence-corrected chi connectivity index (χ3v) is 4.11. The number of hydrogen-bond donors (Lipinski definition) is 0. The van der Waals surface area contributed by atoms with Crippen LogP contribution in [0.4, 0.5) is 0 Å². The lowest BCUT2D eigenvalue weighted by Gasteiger charge is -2.26. The number of likely N-dealkylation sites (tertiary alicyclic amines) is 1. The molecule has 0 aromatic heterocycles. The second-order valence-electron chi connectivity index (χ2n) is 5.65. The Morgan fingerprint density at radius 3 is 2.90 bits per heavy atom. The van der Waals surface area contributed by atoms with E-state index in [9.17, 15) is 9.59 Å². The van der Waals surface area contributed by atoms with Crippen molar-refractivity contribution in [2.45, 2.75) is 44.8 Å². The van der Waals surface area contributed by atoms with Crippen LogP contribution in [0.25, 0.3) is 0 Å². The van der Waals surface area contributed by atoms with Crippen LogP contribution in [-0.4, -0.2) is 35.3 Å². The fourth-order valence-electron chi connectivity index (χ4n) is 3.17. The quantitative estimate of drug-likeness (QED) is 0.845.